The Morgan fingerprint density at radius 3 is 2.65 bits per heavy atom. The zero-order valence-electron chi connectivity index (χ0n) is 9.31. The third kappa shape index (κ3) is 2.98. The lowest BCUT2D eigenvalue weighted by Crippen LogP contribution is -1.96. The average Bonchev–Trinajstić information content (AvgIpc) is 2.35. The molecular formula is C12H10O5. The molecule has 0 radical (unpaired) electrons. The summed E-state index contributed by atoms with van der Waals surface area (Å²) in [6.07, 6.45) is 0.559. The van der Waals surface area contributed by atoms with Gasteiger partial charge in [0, 0.05) is 23.1 Å². The van der Waals surface area contributed by atoms with Gasteiger partial charge < -0.3 is 14.6 Å². The van der Waals surface area contributed by atoms with Crippen LogP contribution in [-0.4, -0.2) is 31.6 Å². The number of hydrogen-bond acceptors (Lipinski definition) is 5. The molecule has 0 aliphatic rings. The molecule has 1 N–H and O–H groups in total. The van der Waals surface area contributed by atoms with E-state index in [4.69, 9.17) is 4.74 Å². The Hall–Kier alpha value is -2.48. The Kier molecular flexibility index (Phi) is 4.12. The van der Waals surface area contributed by atoms with Crippen molar-refractivity contribution in [2.45, 2.75) is 0 Å². The number of aldehydes is 1. The van der Waals surface area contributed by atoms with Crippen molar-refractivity contribution >= 4 is 12.3 Å². The number of rotatable bonds is 2. The van der Waals surface area contributed by atoms with Gasteiger partial charge in [0.1, 0.15) is 0 Å². The van der Waals surface area contributed by atoms with Gasteiger partial charge in [-0.2, -0.15) is 0 Å². The summed E-state index contributed by atoms with van der Waals surface area (Å²) in [4.78, 5) is 21.6. The van der Waals surface area contributed by atoms with Gasteiger partial charge in [-0.3, -0.25) is 4.79 Å². The van der Waals surface area contributed by atoms with Crippen LogP contribution in [0.15, 0.2) is 12.1 Å². The van der Waals surface area contributed by atoms with Gasteiger partial charge in [-0.05, 0) is 6.07 Å². The number of phenolic OH excluding ortho intramolecular Hbond substituents is 1. The minimum absolute atomic E-state index is 0.160. The first-order valence-corrected chi connectivity index (χ1v) is 4.58. The fraction of sp³-hybridized carbons (Fsp3) is 0.167. The first-order valence-electron chi connectivity index (χ1n) is 4.58. The van der Waals surface area contributed by atoms with Crippen molar-refractivity contribution in [1.29, 1.82) is 0 Å². The normalized spacial score (nSPS) is 8.82. The van der Waals surface area contributed by atoms with Gasteiger partial charge in [-0.1, -0.05) is 5.92 Å². The number of carbonyl (C=O) groups excluding carboxylic acids is 2. The van der Waals surface area contributed by atoms with Gasteiger partial charge in [0.25, 0.3) is 0 Å². The summed E-state index contributed by atoms with van der Waals surface area (Å²) in [5.41, 5.74) is 0.444. The lowest BCUT2D eigenvalue weighted by molar-refractivity contribution is -0.133. The van der Waals surface area contributed by atoms with Crippen LogP contribution in [-0.2, 0) is 9.53 Å². The lowest BCUT2D eigenvalue weighted by Gasteiger charge is -2.05. The molecule has 88 valence electrons. The number of aromatic hydroxyl groups is 1. The second kappa shape index (κ2) is 5.56. The summed E-state index contributed by atoms with van der Waals surface area (Å²) < 4.78 is 9.17. The van der Waals surface area contributed by atoms with E-state index in [-0.39, 0.29) is 22.6 Å². The molecule has 1 aromatic rings. The molecule has 0 unspecified atom stereocenters. The van der Waals surface area contributed by atoms with E-state index in [2.05, 4.69) is 16.6 Å². The summed E-state index contributed by atoms with van der Waals surface area (Å²) in [5, 5.41) is 9.51. The fourth-order valence-corrected chi connectivity index (χ4v) is 1.12. The molecule has 5 heteroatoms. The Bertz CT molecular complexity index is 508. The molecule has 1 rings (SSSR count). The van der Waals surface area contributed by atoms with Crippen LogP contribution < -0.4 is 4.74 Å². The van der Waals surface area contributed by atoms with Crippen LogP contribution in [0.3, 0.4) is 0 Å². The Morgan fingerprint density at radius 1 is 1.41 bits per heavy atom. The molecule has 0 saturated carbocycles. The molecule has 0 fully saturated rings. The predicted molar refractivity (Wildman–Crippen MR) is 58.9 cm³/mol. The monoisotopic (exact) mass is 234 g/mol. The predicted octanol–water partition coefficient (Wildman–Crippen LogP) is 0.738. The maximum absolute atomic E-state index is 10.8. The largest absolute Gasteiger partial charge is 0.504 e. The smallest absolute Gasteiger partial charge is 0.384 e. The molecular weight excluding hydrogens is 224 g/mol. The third-order valence-electron chi connectivity index (χ3n) is 1.96. The number of hydrogen-bond donors (Lipinski definition) is 1. The van der Waals surface area contributed by atoms with E-state index < -0.39 is 5.97 Å². The summed E-state index contributed by atoms with van der Waals surface area (Å²) in [7, 11) is 2.56. The molecule has 0 bridgehead atoms. The molecule has 17 heavy (non-hydrogen) atoms. The number of phenols is 1. The number of esters is 1. The van der Waals surface area contributed by atoms with Crippen LogP contribution in [0.25, 0.3) is 0 Å². The maximum atomic E-state index is 10.8. The maximum Gasteiger partial charge on any atom is 0.384 e. The first-order chi connectivity index (χ1) is 8.12. The Morgan fingerprint density at radius 2 is 2.12 bits per heavy atom. The fourth-order valence-electron chi connectivity index (χ4n) is 1.12. The molecule has 0 spiro atoms. The van der Waals surface area contributed by atoms with Crippen molar-refractivity contribution in [3.63, 3.8) is 0 Å². The van der Waals surface area contributed by atoms with Crippen LogP contribution in [0.1, 0.15) is 15.9 Å². The first kappa shape index (κ1) is 12.6. The third-order valence-corrected chi connectivity index (χ3v) is 1.96. The molecule has 5 nitrogen and oxygen atoms in total. The molecule has 0 amide bonds. The molecule has 0 aliphatic heterocycles. The Labute approximate surface area is 98.0 Å². The molecule has 0 atom stereocenters. The van der Waals surface area contributed by atoms with Crippen molar-refractivity contribution in [3.05, 3.63) is 23.3 Å². The molecule has 1 aromatic carbocycles. The van der Waals surface area contributed by atoms with E-state index in [1.54, 1.807) is 0 Å². The topological polar surface area (TPSA) is 72.8 Å². The SMILES string of the molecule is COC(=O)C#Cc1cc(O)c(OC)cc1C=O. The summed E-state index contributed by atoms with van der Waals surface area (Å²) in [5.74, 6) is 3.88. The summed E-state index contributed by atoms with van der Waals surface area (Å²) in [6.45, 7) is 0. The average molecular weight is 234 g/mol. The highest BCUT2D eigenvalue weighted by atomic mass is 16.5. The van der Waals surface area contributed by atoms with Crippen LogP contribution in [0.2, 0.25) is 0 Å². The second-order valence-corrected chi connectivity index (χ2v) is 2.97. The number of carbonyl (C=O) groups is 2. The van der Waals surface area contributed by atoms with E-state index in [1.807, 2.05) is 0 Å². The molecule has 0 aliphatic carbocycles. The number of methoxy groups -OCH3 is 2. The van der Waals surface area contributed by atoms with Gasteiger partial charge in [0.05, 0.1) is 14.2 Å². The van der Waals surface area contributed by atoms with Crippen molar-refractivity contribution in [1.82, 2.24) is 0 Å². The van der Waals surface area contributed by atoms with E-state index >= 15 is 0 Å². The van der Waals surface area contributed by atoms with Crippen molar-refractivity contribution < 1.29 is 24.2 Å². The molecule has 0 aromatic heterocycles. The second-order valence-electron chi connectivity index (χ2n) is 2.97. The van der Waals surface area contributed by atoms with Crippen LogP contribution >= 0.6 is 0 Å². The number of ether oxygens (including phenoxy) is 2. The van der Waals surface area contributed by atoms with Crippen LogP contribution in [0, 0.1) is 11.8 Å². The highest BCUT2D eigenvalue weighted by Gasteiger charge is 2.07. The minimum Gasteiger partial charge on any atom is -0.504 e. The van der Waals surface area contributed by atoms with Crippen LogP contribution in [0.5, 0.6) is 11.5 Å². The standard InChI is InChI=1S/C12H10O5/c1-16-11-6-9(7-13)8(5-10(11)14)3-4-12(15)17-2/h5-7,14H,1-2H3. The van der Waals surface area contributed by atoms with Gasteiger partial charge in [-0.25, -0.2) is 4.79 Å². The summed E-state index contributed by atoms with van der Waals surface area (Å²) >= 11 is 0. The Balaban J connectivity index is 3.22. The van der Waals surface area contributed by atoms with E-state index in [1.165, 1.54) is 26.4 Å². The highest BCUT2D eigenvalue weighted by Crippen LogP contribution is 2.28. The van der Waals surface area contributed by atoms with Gasteiger partial charge in [-0.15, -0.1) is 0 Å². The van der Waals surface area contributed by atoms with Gasteiger partial charge >= 0.3 is 5.97 Å². The zero-order chi connectivity index (χ0) is 12.8. The summed E-state index contributed by atoms with van der Waals surface area (Å²) in [6, 6.07) is 2.59. The zero-order valence-corrected chi connectivity index (χ0v) is 9.31. The minimum atomic E-state index is -0.725. The molecule has 0 saturated heterocycles. The van der Waals surface area contributed by atoms with Crippen LogP contribution in [0.4, 0.5) is 0 Å². The van der Waals surface area contributed by atoms with E-state index in [9.17, 15) is 14.7 Å². The highest BCUT2D eigenvalue weighted by molar-refractivity contribution is 5.90. The van der Waals surface area contributed by atoms with Crippen molar-refractivity contribution in [2.75, 3.05) is 14.2 Å². The van der Waals surface area contributed by atoms with Crippen molar-refractivity contribution in [3.8, 4) is 23.3 Å². The van der Waals surface area contributed by atoms with Gasteiger partial charge in [0.2, 0.25) is 0 Å². The van der Waals surface area contributed by atoms with E-state index in [0.29, 0.717) is 6.29 Å². The quantitative estimate of drug-likeness (QED) is 0.464. The van der Waals surface area contributed by atoms with E-state index in [0.717, 1.165) is 0 Å². The van der Waals surface area contributed by atoms with Gasteiger partial charge in [0.15, 0.2) is 17.8 Å². The number of benzene rings is 1. The molecule has 0 heterocycles. The van der Waals surface area contributed by atoms with Crippen molar-refractivity contribution in [2.24, 2.45) is 0 Å². The lowest BCUT2D eigenvalue weighted by atomic mass is 10.1.